The van der Waals surface area contributed by atoms with Gasteiger partial charge in [0, 0.05) is 74.6 Å². The van der Waals surface area contributed by atoms with Crippen molar-refractivity contribution in [2.75, 3.05) is 61.9 Å². The molecule has 0 bridgehead atoms. The second-order valence-corrected chi connectivity index (χ2v) is 36.5. The molecule has 6 aromatic rings. The number of benzene rings is 6. The van der Waals surface area contributed by atoms with E-state index in [1.54, 1.807) is 158 Å². The number of hydrogen-bond donors (Lipinski definition) is 7. The van der Waals surface area contributed by atoms with E-state index in [9.17, 15) is 33.9 Å². The van der Waals surface area contributed by atoms with Gasteiger partial charge in [0.05, 0.1) is 19.1 Å². The minimum atomic E-state index is -1.81. The normalized spacial score (nSPS) is 15.1. The zero-order valence-electron chi connectivity index (χ0n) is 79.2. The fraction of sp³-hybridized carbons (Fsp3) is 0.500. The number of piperidine rings is 1. The van der Waals surface area contributed by atoms with Gasteiger partial charge in [-0.15, -0.1) is 0 Å². The number of rotatable bonds is 44. The lowest BCUT2D eigenvalue weighted by molar-refractivity contribution is -0.151. The number of likely N-dealkylation sites (N-methyl/N-ethyl adjacent to an activating group) is 6. The average molecular weight is 1790 g/mol. The molecule has 6 aromatic carbocycles. The molecule has 0 spiro atoms. The Morgan fingerprint density at radius 3 is 1.25 bits per heavy atom. The van der Waals surface area contributed by atoms with Crippen molar-refractivity contribution in [3.8, 4) is 0 Å². The molecule has 7 rings (SSSR count). The summed E-state index contributed by atoms with van der Waals surface area (Å²) in [6.07, 6.45) is -0.797. The summed E-state index contributed by atoms with van der Waals surface area (Å²) in [7, 11) is 8.31. The standard InChI is InChI=1S/C100H137N13O17/c1-63(2)56-78(110(18)96(126)84(65(5)6)105-87(117)68(10)107(15)98(128)130-99(12,13)14)91(121)106-85(69(11)129-100(73-48-34-24-35-49-73,74-50-36-25-37-51-74)75-52-38-26-39-53-75)97(127)111(19)79(59-71-44-30-22-31-45-71)89(119)101-62-82(114)108(16)81(57-64(3)4)95(125)112(20)86(66(7)8)92(122)103-76(58-70-42-28-21-29-43-70)88(118)104-77(61-83(115)116)94(124)109(17)80(60-72-46-32-23-33-47-72)90(120)102-67(9)93(123)113-54-40-27-41-55-113/h21-26,28-39,42-53,63-69,76-81,84-86H,27,40-41,54-62H2,1-20H3,(H,101,119)(H,102,120)(H,103,122)(H,104,118)(H,105,117)(H,106,121)(H,115,116)/t67-,68-,69+,76-,77-,78-,79-,80-,81-,84-,85-,86-/m0/s1. The Kier molecular flexibility index (Phi) is 39.4. The van der Waals surface area contributed by atoms with Gasteiger partial charge in [0.25, 0.3) is 0 Å². The molecule has 0 aromatic heterocycles. The number of carboxylic acids is 1. The first-order valence-electron chi connectivity index (χ1n) is 44.9. The lowest BCUT2D eigenvalue weighted by Crippen LogP contribution is -2.63. The highest BCUT2D eigenvalue weighted by atomic mass is 16.6. The van der Waals surface area contributed by atoms with Gasteiger partial charge >= 0.3 is 12.1 Å². The molecule has 1 aliphatic heterocycles. The van der Waals surface area contributed by atoms with Crippen molar-refractivity contribution in [2.45, 2.75) is 238 Å². The molecule has 0 unspecified atom stereocenters. The Labute approximate surface area is 766 Å². The van der Waals surface area contributed by atoms with Gasteiger partial charge in [-0.25, -0.2) is 4.79 Å². The second-order valence-electron chi connectivity index (χ2n) is 36.5. The maximum absolute atomic E-state index is 16.4. The monoisotopic (exact) mass is 1790 g/mol. The smallest absolute Gasteiger partial charge is 0.410 e. The molecule has 130 heavy (non-hydrogen) atoms. The van der Waals surface area contributed by atoms with Crippen molar-refractivity contribution in [3.05, 3.63) is 215 Å². The predicted molar refractivity (Wildman–Crippen MR) is 496 cm³/mol. The van der Waals surface area contributed by atoms with Crippen LogP contribution in [0.15, 0.2) is 182 Å². The van der Waals surface area contributed by atoms with E-state index in [-0.39, 0.29) is 49.8 Å². The topological polar surface area (TPSA) is 373 Å². The molecule has 0 aliphatic carbocycles. The summed E-state index contributed by atoms with van der Waals surface area (Å²) in [6.45, 7) is 24.2. The summed E-state index contributed by atoms with van der Waals surface area (Å²) in [6, 6.07) is 39.0. The van der Waals surface area contributed by atoms with Crippen molar-refractivity contribution in [1.29, 1.82) is 0 Å². The Bertz CT molecular complexity index is 4670. The molecular formula is C100H137N13O17. The molecule has 704 valence electrons. The number of hydrogen-bond acceptors (Lipinski definition) is 16. The highest BCUT2D eigenvalue weighted by Gasteiger charge is 2.47. The van der Waals surface area contributed by atoms with Crippen LogP contribution in [0.2, 0.25) is 0 Å². The van der Waals surface area contributed by atoms with Crippen molar-refractivity contribution < 1.29 is 81.7 Å². The first-order chi connectivity index (χ1) is 61.4. The van der Waals surface area contributed by atoms with E-state index in [1.807, 2.05) is 119 Å². The summed E-state index contributed by atoms with van der Waals surface area (Å²) in [5.41, 5.74) is 1.31. The van der Waals surface area contributed by atoms with Gasteiger partial charge in [-0.2, -0.15) is 0 Å². The molecule has 30 heteroatoms. The minimum absolute atomic E-state index is 0.0363. The van der Waals surface area contributed by atoms with Gasteiger partial charge in [-0.05, 0) is 131 Å². The summed E-state index contributed by atoms with van der Waals surface area (Å²) in [5.74, 6) is -12.3. The van der Waals surface area contributed by atoms with Crippen molar-refractivity contribution in [2.24, 2.45) is 23.7 Å². The van der Waals surface area contributed by atoms with Gasteiger partial charge < -0.3 is 75.9 Å². The number of nitrogens with one attached hydrogen (secondary N) is 6. The zero-order valence-corrected chi connectivity index (χ0v) is 79.2. The predicted octanol–water partition coefficient (Wildman–Crippen LogP) is 8.95. The third-order valence-corrected chi connectivity index (χ3v) is 23.6. The van der Waals surface area contributed by atoms with E-state index < -0.39 is 186 Å². The zero-order chi connectivity index (χ0) is 96.2. The highest BCUT2D eigenvalue weighted by molar-refractivity contribution is 6.00. The molecule has 7 N–H and O–H groups in total. The van der Waals surface area contributed by atoms with E-state index >= 15 is 38.4 Å². The molecule has 30 nitrogen and oxygen atoms in total. The first kappa shape index (κ1) is 105. The third kappa shape index (κ3) is 29.1. The van der Waals surface area contributed by atoms with Crippen molar-refractivity contribution in [1.82, 2.24) is 66.2 Å². The SMILES string of the molecule is CC(C)C[C@@H](C(=O)N(C)[C@H](C(=O)N[C@@H](Cc1ccccc1)C(=O)N[C@@H](CC(=O)O)C(=O)N(C)[C@@H](Cc1ccccc1)C(=O)N[C@@H](C)C(=O)N1CCCCC1)C(C)C)N(C)C(=O)CNC(=O)[C@H](Cc1ccccc1)N(C)C(=O)[C@@H](NC(=O)[C@H](CC(C)C)N(C)C(=O)[C@@H](NC(=O)[C@H](C)N(C)C(=O)OC(C)(C)C)C(C)C)[C@@H](C)OC(c1ccccc1)(c1ccccc1)c1ccccc1. The van der Waals surface area contributed by atoms with Crippen LogP contribution in [-0.4, -0.2) is 262 Å². The Balaban J connectivity index is 1.19. The molecule has 0 radical (unpaired) electrons. The molecular weight excluding hydrogens is 1660 g/mol. The van der Waals surface area contributed by atoms with Crippen LogP contribution < -0.4 is 31.9 Å². The summed E-state index contributed by atoms with van der Waals surface area (Å²) in [4.78, 5) is 215. The largest absolute Gasteiger partial charge is 0.481 e. The van der Waals surface area contributed by atoms with Gasteiger partial charge in [0.1, 0.15) is 77.7 Å². The Hall–Kier alpha value is -12.3. The summed E-state index contributed by atoms with van der Waals surface area (Å²) in [5, 5.41) is 27.2. The van der Waals surface area contributed by atoms with Gasteiger partial charge in [-0.1, -0.05) is 237 Å². The van der Waals surface area contributed by atoms with E-state index in [2.05, 4.69) is 31.9 Å². The first-order valence-corrected chi connectivity index (χ1v) is 44.9. The van der Waals surface area contributed by atoms with Crippen LogP contribution in [0, 0.1) is 23.7 Å². The van der Waals surface area contributed by atoms with E-state index in [4.69, 9.17) is 9.47 Å². The maximum atomic E-state index is 16.4. The van der Waals surface area contributed by atoms with Crippen LogP contribution >= 0.6 is 0 Å². The molecule has 1 aliphatic rings. The molecule has 12 atom stereocenters. The summed E-state index contributed by atoms with van der Waals surface area (Å²) < 4.78 is 13.1. The molecule has 1 saturated heterocycles. The number of aliphatic carboxylic acids is 1. The fourth-order valence-corrected chi connectivity index (χ4v) is 16.1. The molecule has 0 saturated carbocycles. The molecule has 1 fully saturated rings. The quantitative estimate of drug-likeness (QED) is 0.0175. The number of nitrogens with zero attached hydrogens (tertiary/aromatic N) is 7. The van der Waals surface area contributed by atoms with Crippen LogP contribution in [0.5, 0.6) is 0 Å². The van der Waals surface area contributed by atoms with Crippen LogP contribution in [0.25, 0.3) is 0 Å². The number of carboxylic acid groups (broad SMARTS) is 1. The average Bonchev–Trinajstić information content (AvgIpc) is 0.748. The molecule has 13 amide bonds. The Morgan fingerprint density at radius 2 is 0.808 bits per heavy atom. The van der Waals surface area contributed by atoms with Gasteiger partial charge in [0.15, 0.2) is 0 Å². The van der Waals surface area contributed by atoms with Crippen molar-refractivity contribution in [3.63, 3.8) is 0 Å². The number of ether oxygens (including phenoxy) is 2. The second kappa shape index (κ2) is 48.9. The van der Waals surface area contributed by atoms with Crippen LogP contribution in [-0.2, 0) is 96.7 Å². The van der Waals surface area contributed by atoms with Crippen LogP contribution in [0.3, 0.4) is 0 Å². The maximum Gasteiger partial charge on any atom is 0.410 e. The van der Waals surface area contributed by atoms with Gasteiger partial charge in [0.2, 0.25) is 70.9 Å². The van der Waals surface area contributed by atoms with E-state index in [0.717, 1.165) is 29.1 Å². The van der Waals surface area contributed by atoms with E-state index in [1.165, 1.54) is 68.8 Å². The Morgan fingerprint density at radius 1 is 0.400 bits per heavy atom. The fourth-order valence-electron chi connectivity index (χ4n) is 16.1. The number of carbonyl (C=O) groups excluding carboxylic acids is 13. The highest BCUT2D eigenvalue weighted by Crippen LogP contribution is 2.42. The summed E-state index contributed by atoms with van der Waals surface area (Å²) >= 11 is 0. The number of amides is 13. The lowest BCUT2D eigenvalue weighted by Gasteiger charge is -2.41. The number of carbonyl (C=O) groups is 14. The third-order valence-electron chi connectivity index (χ3n) is 23.6. The van der Waals surface area contributed by atoms with Crippen LogP contribution in [0.4, 0.5) is 4.79 Å². The molecule has 1 heterocycles. The van der Waals surface area contributed by atoms with Crippen LogP contribution in [0.1, 0.15) is 169 Å². The van der Waals surface area contributed by atoms with Gasteiger partial charge in [-0.3, -0.25) is 67.2 Å². The van der Waals surface area contributed by atoms with E-state index in [0.29, 0.717) is 46.5 Å². The lowest BCUT2D eigenvalue weighted by atomic mass is 9.79. The number of likely N-dealkylation sites (tertiary alicyclic amines) is 1. The minimum Gasteiger partial charge on any atom is -0.481 e. The van der Waals surface area contributed by atoms with Crippen molar-refractivity contribution >= 4 is 82.9 Å².